The Bertz CT molecular complexity index is 582. The van der Waals surface area contributed by atoms with Crippen molar-refractivity contribution in [2.75, 3.05) is 0 Å². The number of aromatic nitrogens is 2. The second-order valence-corrected chi connectivity index (χ2v) is 5.42. The zero-order valence-corrected chi connectivity index (χ0v) is 12.3. The molecule has 1 aromatic heterocycles. The Morgan fingerprint density at radius 2 is 2.21 bits per heavy atom. The number of allylic oxidation sites excluding steroid dienone is 7. The lowest BCUT2D eigenvalue weighted by Crippen LogP contribution is -2.00. The first-order valence-corrected chi connectivity index (χ1v) is 6.76. The molecule has 1 aromatic rings. The Morgan fingerprint density at radius 1 is 1.47 bits per heavy atom. The summed E-state index contributed by atoms with van der Waals surface area (Å²) in [7, 11) is 0. The van der Waals surface area contributed by atoms with Crippen LogP contribution in [-0.2, 0) is 0 Å². The lowest BCUT2D eigenvalue weighted by molar-refractivity contribution is 0.739. The van der Waals surface area contributed by atoms with Crippen molar-refractivity contribution < 1.29 is 0 Å². The second kappa shape index (κ2) is 5.43. The summed E-state index contributed by atoms with van der Waals surface area (Å²) in [6.07, 6.45) is 11.9. The van der Waals surface area contributed by atoms with Gasteiger partial charge in [-0.2, -0.15) is 5.10 Å². The fraction of sp³-hybridized carbons (Fsp3) is 0.353. The molecule has 1 aliphatic carbocycles. The molecule has 0 saturated heterocycles. The highest BCUT2D eigenvalue weighted by Gasteiger charge is 2.12. The molecule has 0 N–H and O–H groups in total. The Morgan fingerprint density at radius 3 is 2.79 bits per heavy atom. The molecule has 1 atom stereocenters. The predicted octanol–water partition coefficient (Wildman–Crippen LogP) is 4.61. The van der Waals surface area contributed by atoms with E-state index in [-0.39, 0.29) is 0 Å². The molecule has 100 valence electrons. The van der Waals surface area contributed by atoms with Gasteiger partial charge in [-0.15, -0.1) is 0 Å². The van der Waals surface area contributed by atoms with Gasteiger partial charge in [0.05, 0.1) is 6.20 Å². The van der Waals surface area contributed by atoms with Crippen LogP contribution in [0.5, 0.6) is 0 Å². The monoisotopic (exact) mass is 254 g/mol. The van der Waals surface area contributed by atoms with Gasteiger partial charge in [-0.1, -0.05) is 37.3 Å². The fourth-order valence-corrected chi connectivity index (χ4v) is 2.39. The van der Waals surface area contributed by atoms with Crippen molar-refractivity contribution in [2.45, 2.75) is 34.1 Å². The zero-order valence-electron chi connectivity index (χ0n) is 12.3. The third-order valence-electron chi connectivity index (χ3n) is 3.42. The number of hydrogen-bond donors (Lipinski definition) is 0. The van der Waals surface area contributed by atoms with Crippen molar-refractivity contribution in [3.63, 3.8) is 0 Å². The molecule has 0 fully saturated rings. The summed E-state index contributed by atoms with van der Waals surface area (Å²) in [6, 6.07) is 0. The first-order valence-electron chi connectivity index (χ1n) is 6.76. The van der Waals surface area contributed by atoms with E-state index in [1.54, 1.807) is 0 Å². The molecule has 1 unspecified atom stereocenters. The van der Waals surface area contributed by atoms with E-state index in [0.29, 0.717) is 5.92 Å². The Hall–Kier alpha value is -1.83. The average molecular weight is 254 g/mol. The minimum atomic E-state index is 0.643. The van der Waals surface area contributed by atoms with Crippen molar-refractivity contribution in [2.24, 2.45) is 5.92 Å². The third kappa shape index (κ3) is 2.95. The summed E-state index contributed by atoms with van der Waals surface area (Å²) >= 11 is 0. The molecule has 0 spiro atoms. The van der Waals surface area contributed by atoms with Crippen LogP contribution in [0.4, 0.5) is 0 Å². The highest BCUT2D eigenvalue weighted by Crippen LogP contribution is 2.27. The Labute approximate surface area is 115 Å². The van der Waals surface area contributed by atoms with E-state index in [1.165, 1.54) is 16.8 Å². The van der Waals surface area contributed by atoms with Crippen LogP contribution in [-0.4, -0.2) is 9.78 Å². The van der Waals surface area contributed by atoms with Gasteiger partial charge in [-0.3, -0.25) is 0 Å². The number of hydrogen-bond acceptors (Lipinski definition) is 1. The maximum Gasteiger partial charge on any atom is 0.0575 e. The standard InChI is InChI=1S/C17H22N2/c1-12(2)10-14(4)19-15(5)17(11-18-19)16-8-6-13(3)7-9-16/h6,8-11,13H,1,7H2,2-5H3/b14-10-. The van der Waals surface area contributed by atoms with Crippen LogP contribution in [0.3, 0.4) is 0 Å². The van der Waals surface area contributed by atoms with Crippen LogP contribution < -0.4 is 0 Å². The van der Waals surface area contributed by atoms with Crippen molar-refractivity contribution in [3.8, 4) is 0 Å². The van der Waals surface area contributed by atoms with Crippen LogP contribution in [0.15, 0.2) is 42.7 Å². The first kappa shape index (κ1) is 13.6. The van der Waals surface area contributed by atoms with Crippen molar-refractivity contribution in [1.82, 2.24) is 9.78 Å². The fourth-order valence-electron chi connectivity index (χ4n) is 2.39. The summed E-state index contributed by atoms with van der Waals surface area (Å²) in [4.78, 5) is 0. The van der Waals surface area contributed by atoms with Crippen LogP contribution in [0.2, 0.25) is 0 Å². The highest BCUT2D eigenvalue weighted by molar-refractivity contribution is 5.76. The van der Waals surface area contributed by atoms with Crippen LogP contribution in [0.25, 0.3) is 11.3 Å². The molecule has 1 aliphatic rings. The smallest absolute Gasteiger partial charge is 0.0575 e. The maximum atomic E-state index is 4.50. The van der Waals surface area contributed by atoms with E-state index in [4.69, 9.17) is 0 Å². The molecule has 19 heavy (non-hydrogen) atoms. The molecule has 0 radical (unpaired) electrons. The molecule has 0 aromatic carbocycles. The molecule has 2 nitrogen and oxygen atoms in total. The quantitative estimate of drug-likeness (QED) is 0.720. The minimum absolute atomic E-state index is 0.643. The second-order valence-electron chi connectivity index (χ2n) is 5.42. The molecule has 0 saturated carbocycles. The van der Waals surface area contributed by atoms with E-state index in [9.17, 15) is 0 Å². The molecule has 0 bridgehead atoms. The number of nitrogens with zero attached hydrogens (tertiary/aromatic N) is 2. The van der Waals surface area contributed by atoms with Crippen LogP contribution in [0.1, 0.15) is 38.4 Å². The maximum absolute atomic E-state index is 4.50. The van der Waals surface area contributed by atoms with Crippen LogP contribution in [0, 0.1) is 12.8 Å². The van der Waals surface area contributed by atoms with Crippen molar-refractivity contribution >= 4 is 11.3 Å². The summed E-state index contributed by atoms with van der Waals surface area (Å²) in [6.45, 7) is 12.3. The lowest BCUT2D eigenvalue weighted by atomic mass is 9.95. The summed E-state index contributed by atoms with van der Waals surface area (Å²) in [5, 5.41) is 4.50. The lowest BCUT2D eigenvalue weighted by Gasteiger charge is -2.12. The van der Waals surface area contributed by atoms with Crippen molar-refractivity contribution in [1.29, 1.82) is 0 Å². The number of rotatable bonds is 3. The third-order valence-corrected chi connectivity index (χ3v) is 3.42. The van der Waals surface area contributed by atoms with Gasteiger partial charge in [-0.25, -0.2) is 4.68 Å². The summed E-state index contributed by atoms with van der Waals surface area (Å²) < 4.78 is 1.98. The molecule has 2 heteroatoms. The summed E-state index contributed by atoms with van der Waals surface area (Å²) in [5.74, 6) is 0.643. The van der Waals surface area contributed by atoms with E-state index in [0.717, 1.165) is 17.7 Å². The van der Waals surface area contributed by atoms with Gasteiger partial charge in [0, 0.05) is 17.0 Å². The molecule has 0 amide bonds. The molecule has 1 heterocycles. The zero-order chi connectivity index (χ0) is 14.0. The average Bonchev–Trinajstić information content (AvgIpc) is 2.71. The normalized spacial score (nSPS) is 19.5. The van der Waals surface area contributed by atoms with Gasteiger partial charge in [0.15, 0.2) is 0 Å². The van der Waals surface area contributed by atoms with Gasteiger partial charge in [0.1, 0.15) is 0 Å². The van der Waals surface area contributed by atoms with E-state index < -0.39 is 0 Å². The van der Waals surface area contributed by atoms with Crippen LogP contribution >= 0.6 is 0 Å². The molecule has 0 aliphatic heterocycles. The van der Waals surface area contributed by atoms with E-state index >= 15 is 0 Å². The highest BCUT2D eigenvalue weighted by atomic mass is 15.3. The van der Waals surface area contributed by atoms with E-state index in [1.807, 2.05) is 17.8 Å². The largest absolute Gasteiger partial charge is 0.242 e. The first-order chi connectivity index (χ1) is 8.99. The minimum Gasteiger partial charge on any atom is -0.242 e. The topological polar surface area (TPSA) is 17.8 Å². The predicted molar refractivity (Wildman–Crippen MR) is 82.6 cm³/mol. The summed E-state index contributed by atoms with van der Waals surface area (Å²) in [5.41, 5.74) is 5.83. The van der Waals surface area contributed by atoms with Gasteiger partial charge in [0.2, 0.25) is 0 Å². The van der Waals surface area contributed by atoms with Gasteiger partial charge < -0.3 is 0 Å². The van der Waals surface area contributed by atoms with E-state index in [2.05, 4.69) is 56.8 Å². The van der Waals surface area contributed by atoms with Gasteiger partial charge in [0.25, 0.3) is 0 Å². The molecule has 2 rings (SSSR count). The SMILES string of the molecule is C=C(C)/C=C(/C)n1ncc(C2=CCC(C)C=C2)c1C. The molecular weight excluding hydrogens is 232 g/mol. The molecular formula is C17H22N2. The van der Waals surface area contributed by atoms with Gasteiger partial charge in [-0.05, 0) is 44.8 Å². The van der Waals surface area contributed by atoms with Gasteiger partial charge >= 0.3 is 0 Å². The van der Waals surface area contributed by atoms with Crippen molar-refractivity contribution in [3.05, 3.63) is 53.9 Å². The Kier molecular flexibility index (Phi) is 3.89. The Balaban J connectivity index is 2.34.